The van der Waals surface area contributed by atoms with Crippen molar-refractivity contribution in [3.63, 3.8) is 0 Å². The first-order valence-electron chi connectivity index (χ1n) is 12.4. The molecule has 2 heteroatoms. The lowest BCUT2D eigenvalue weighted by molar-refractivity contribution is 0.735. The molecule has 8 rings (SSSR count). The molecule has 5 aromatic carbocycles. The van der Waals surface area contributed by atoms with Gasteiger partial charge >= 0.3 is 0 Å². The van der Waals surface area contributed by atoms with Crippen LogP contribution in [0.15, 0.2) is 103 Å². The molecule has 0 fully saturated rings. The number of aromatic nitrogens is 2. The lowest BCUT2D eigenvalue weighted by Crippen LogP contribution is -2.01. The van der Waals surface area contributed by atoms with Gasteiger partial charge in [0.05, 0.1) is 16.6 Å². The van der Waals surface area contributed by atoms with Gasteiger partial charge in [0.15, 0.2) is 0 Å². The summed E-state index contributed by atoms with van der Waals surface area (Å²) in [6.07, 6.45) is 8.12. The van der Waals surface area contributed by atoms with Gasteiger partial charge in [-0.1, -0.05) is 85.8 Å². The Kier molecular flexibility index (Phi) is 3.74. The van der Waals surface area contributed by atoms with Crippen LogP contribution in [0, 0.1) is 5.92 Å². The van der Waals surface area contributed by atoms with Crippen molar-refractivity contribution < 1.29 is 0 Å². The van der Waals surface area contributed by atoms with Gasteiger partial charge in [0.25, 0.3) is 0 Å². The summed E-state index contributed by atoms with van der Waals surface area (Å²) in [6.45, 7) is 2.28. The summed E-state index contributed by atoms with van der Waals surface area (Å²) in [4.78, 5) is 3.84. The van der Waals surface area contributed by atoms with Crippen molar-refractivity contribution in [3.8, 4) is 0 Å². The molecule has 2 heterocycles. The smallest absolute Gasteiger partial charge is 0.0647 e. The van der Waals surface area contributed by atoms with Crippen molar-refractivity contribution in [2.24, 2.45) is 5.92 Å². The normalized spacial score (nSPS) is 16.4. The average molecular weight is 449 g/mol. The minimum atomic E-state index is 0.576. The van der Waals surface area contributed by atoms with E-state index >= 15 is 0 Å². The van der Waals surface area contributed by atoms with Crippen molar-refractivity contribution in [1.82, 2.24) is 9.55 Å². The topological polar surface area (TPSA) is 20.7 Å². The first kappa shape index (κ1) is 19.1. The molecule has 1 aliphatic carbocycles. The molecular formula is C33H24N2. The van der Waals surface area contributed by atoms with Gasteiger partial charge in [-0.15, -0.1) is 0 Å². The number of allylic oxidation sites excluding steroid dienone is 4. The Balaban J connectivity index is 1.69. The molecule has 0 spiro atoms. The molecule has 0 aliphatic heterocycles. The SMILES string of the molecule is CC1C=CC(n2c3ccccc3c3c4ccccc4c4[nH]c5cc6ccccc6cc5c4c32)=CC1. The number of benzene rings is 5. The molecule has 1 N–H and O–H groups in total. The van der Waals surface area contributed by atoms with E-state index in [1.54, 1.807) is 0 Å². The first-order valence-corrected chi connectivity index (χ1v) is 12.4. The van der Waals surface area contributed by atoms with E-state index in [2.05, 4.69) is 120 Å². The Morgan fingerprint density at radius 3 is 2.26 bits per heavy atom. The van der Waals surface area contributed by atoms with Crippen molar-refractivity contribution in [3.05, 3.63) is 103 Å². The summed E-state index contributed by atoms with van der Waals surface area (Å²) in [5.74, 6) is 0.576. The number of hydrogen-bond acceptors (Lipinski definition) is 0. The number of hydrogen-bond donors (Lipinski definition) is 1. The second kappa shape index (κ2) is 6.86. The number of fused-ring (bicyclic) bond motifs is 11. The molecule has 166 valence electrons. The van der Waals surface area contributed by atoms with Crippen LogP contribution < -0.4 is 0 Å². The molecular weight excluding hydrogens is 424 g/mol. The third-order valence-corrected chi connectivity index (χ3v) is 7.79. The molecule has 2 aromatic heterocycles. The highest BCUT2D eigenvalue weighted by atomic mass is 15.0. The fourth-order valence-electron chi connectivity index (χ4n) is 6.15. The molecule has 0 saturated carbocycles. The monoisotopic (exact) mass is 448 g/mol. The highest BCUT2D eigenvalue weighted by Gasteiger charge is 2.22. The van der Waals surface area contributed by atoms with Crippen LogP contribution in [0.25, 0.3) is 70.9 Å². The molecule has 1 unspecified atom stereocenters. The average Bonchev–Trinajstić information content (AvgIpc) is 3.44. The van der Waals surface area contributed by atoms with E-state index in [-0.39, 0.29) is 0 Å². The minimum Gasteiger partial charge on any atom is -0.354 e. The van der Waals surface area contributed by atoms with E-state index in [0.29, 0.717) is 5.92 Å². The number of nitrogens with one attached hydrogen (secondary N) is 1. The minimum absolute atomic E-state index is 0.576. The molecule has 1 atom stereocenters. The third kappa shape index (κ3) is 2.54. The van der Waals surface area contributed by atoms with E-state index in [0.717, 1.165) is 6.42 Å². The predicted molar refractivity (Wildman–Crippen MR) is 151 cm³/mol. The summed E-state index contributed by atoms with van der Waals surface area (Å²) in [5, 5.41) is 10.4. The summed E-state index contributed by atoms with van der Waals surface area (Å²) < 4.78 is 2.50. The number of nitrogens with zero attached hydrogens (tertiary/aromatic N) is 1. The number of rotatable bonds is 1. The lowest BCUT2D eigenvalue weighted by atomic mass is 9.98. The molecule has 0 radical (unpaired) electrons. The Labute approximate surface area is 202 Å². The van der Waals surface area contributed by atoms with Crippen LogP contribution in [0.2, 0.25) is 0 Å². The Morgan fingerprint density at radius 1 is 0.743 bits per heavy atom. The maximum absolute atomic E-state index is 3.84. The maximum Gasteiger partial charge on any atom is 0.0647 e. The summed E-state index contributed by atoms with van der Waals surface area (Å²) in [5.41, 5.74) is 6.24. The van der Waals surface area contributed by atoms with Crippen molar-refractivity contribution >= 4 is 70.9 Å². The Hall–Kier alpha value is -4.30. The second-order valence-corrected chi connectivity index (χ2v) is 9.94. The van der Waals surface area contributed by atoms with Crippen LogP contribution >= 0.6 is 0 Å². The van der Waals surface area contributed by atoms with Gasteiger partial charge in [-0.2, -0.15) is 0 Å². The Morgan fingerprint density at radius 2 is 1.46 bits per heavy atom. The van der Waals surface area contributed by atoms with Crippen LogP contribution in [0.5, 0.6) is 0 Å². The van der Waals surface area contributed by atoms with Crippen molar-refractivity contribution in [2.75, 3.05) is 0 Å². The number of para-hydroxylation sites is 1. The van der Waals surface area contributed by atoms with Crippen LogP contribution in [0.1, 0.15) is 13.3 Å². The van der Waals surface area contributed by atoms with E-state index in [9.17, 15) is 0 Å². The molecule has 35 heavy (non-hydrogen) atoms. The molecule has 0 amide bonds. The highest BCUT2D eigenvalue weighted by molar-refractivity contribution is 6.36. The van der Waals surface area contributed by atoms with Crippen molar-refractivity contribution in [2.45, 2.75) is 13.3 Å². The third-order valence-electron chi connectivity index (χ3n) is 7.79. The van der Waals surface area contributed by atoms with Crippen LogP contribution in [-0.2, 0) is 0 Å². The predicted octanol–water partition coefficient (Wildman–Crippen LogP) is 9.17. The van der Waals surface area contributed by atoms with Gasteiger partial charge in [0.1, 0.15) is 0 Å². The largest absolute Gasteiger partial charge is 0.354 e. The van der Waals surface area contributed by atoms with Crippen LogP contribution in [0.3, 0.4) is 0 Å². The fourth-order valence-corrected chi connectivity index (χ4v) is 6.15. The van der Waals surface area contributed by atoms with Crippen molar-refractivity contribution in [1.29, 1.82) is 0 Å². The van der Waals surface area contributed by atoms with Gasteiger partial charge in [-0.3, -0.25) is 0 Å². The summed E-state index contributed by atoms with van der Waals surface area (Å²) in [6, 6.07) is 31.1. The van der Waals surface area contributed by atoms with Crippen LogP contribution in [0.4, 0.5) is 0 Å². The van der Waals surface area contributed by atoms with E-state index in [4.69, 9.17) is 0 Å². The van der Waals surface area contributed by atoms with Gasteiger partial charge in [-0.25, -0.2) is 0 Å². The van der Waals surface area contributed by atoms with Gasteiger partial charge in [0.2, 0.25) is 0 Å². The molecule has 2 nitrogen and oxygen atoms in total. The standard InChI is InChI=1S/C33H24N2/c1-20-14-16-23(17-15-20)35-29-13-7-6-12-26(29)30-24-10-4-5-11-25(24)32-31(33(30)35)27-18-21-8-2-3-9-22(21)19-28(27)34-32/h2-14,16-20,34H,15H2,1H3. The zero-order valence-electron chi connectivity index (χ0n) is 19.5. The zero-order valence-corrected chi connectivity index (χ0v) is 19.5. The summed E-state index contributed by atoms with van der Waals surface area (Å²) in [7, 11) is 0. The lowest BCUT2D eigenvalue weighted by Gasteiger charge is -2.16. The molecule has 7 aromatic rings. The maximum atomic E-state index is 3.84. The second-order valence-electron chi connectivity index (χ2n) is 9.94. The molecule has 1 aliphatic rings. The quantitative estimate of drug-likeness (QED) is 0.258. The van der Waals surface area contributed by atoms with Gasteiger partial charge in [0, 0.05) is 38.1 Å². The first-order chi connectivity index (χ1) is 17.3. The summed E-state index contributed by atoms with van der Waals surface area (Å²) >= 11 is 0. The molecule has 0 bridgehead atoms. The van der Waals surface area contributed by atoms with E-state index < -0.39 is 0 Å². The van der Waals surface area contributed by atoms with Gasteiger partial charge < -0.3 is 9.55 Å². The number of H-pyrrole nitrogens is 1. The van der Waals surface area contributed by atoms with E-state index in [1.165, 1.54) is 70.9 Å². The zero-order chi connectivity index (χ0) is 23.1. The van der Waals surface area contributed by atoms with Gasteiger partial charge in [-0.05, 0) is 52.8 Å². The number of aromatic amines is 1. The Bertz CT molecular complexity index is 2040. The fraction of sp³-hybridized carbons (Fsp3) is 0.0909. The molecule has 0 saturated heterocycles. The highest BCUT2D eigenvalue weighted by Crippen LogP contribution is 2.45. The van der Waals surface area contributed by atoms with E-state index in [1.807, 2.05) is 0 Å². The van der Waals surface area contributed by atoms with Crippen LogP contribution in [-0.4, -0.2) is 9.55 Å².